The average Bonchev–Trinajstić information content (AvgIpc) is 2.64. The van der Waals surface area contributed by atoms with Crippen LogP contribution >= 0.6 is 11.6 Å². The molecule has 3 rings (SSSR count). The van der Waals surface area contributed by atoms with E-state index >= 15 is 0 Å². The maximum atomic E-state index is 12.6. The molecule has 0 spiro atoms. The van der Waals surface area contributed by atoms with Crippen molar-refractivity contribution in [1.82, 2.24) is 9.29 Å². The van der Waals surface area contributed by atoms with Gasteiger partial charge >= 0.3 is 0 Å². The molecule has 6 nitrogen and oxygen atoms in total. The van der Waals surface area contributed by atoms with Gasteiger partial charge in [-0.05, 0) is 29.8 Å². The van der Waals surface area contributed by atoms with E-state index in [2.05, 4.69) is 4.98 Å². The summed E-state index contributed by atoms with van der Waals surface area (Å²) >= 11 is 5.89. The number of pyridine rings is 1. The number of halogens is 1. The fourth-order valence-electron chi connectivity index (χ4n) is 2.63. The maximum Gasteiger partial charge on any atom is 0.244 e. The Morgan fingerprint density at radius 1 is 1.16 bits per heavy atom. The van der Waals surface area contributed by atoms with Crippen LogP contribution in [0.1, 0.15) is 5.56 Å². The molecule has 0 amide bonds. The predicted molar refractivity (Wildman–Crippen MR) is 97.4 cm³/mol. The molecule has 1 aliphatic rings. The number of rotatable bonds is 5. The van der Waals surface area contributed by atoms with Gasteiger partial charge in [0.25, 0.3) is 0 Å². The molecule has 134 valence electrons. The monoisotopic (exact) mass is 381 g/mol. The molecule has 1 saturated heterocycles. The first kappa shape index (κ1) is 18.1. The Bertz CT molecular complexity index is 804. The minimum Gasteiger partial charge on any atom is -0.379 e. The van der Waals surface area contributed by atoms with Gasteiger partial charge in [0.2, 0.25) is 10.0 Å². The van der Waals surface area contributed by atoms with Crippen LogP contribution in [0, 0.1) is 0 Å². The summed E-state index contributed by atoms with van der Waals surface area (Å²) in [6, 6.07) is 10.9. The summed E-state index contributed by atoms with van der Waals surface area (Å²) in [5.41, 5.74) is 1.10. The molecule has 0 N–H and O–H groups in total. The second-order valence-corrected chi connectivity index (χ2v) is 8.23. The van der Waals surface area contributed by atoms with Crippen LogP contribution < -0.4 is 4.90 Å². The minimum absolute atomic E-state index is 0.207. The van der Waals surface area contributed by atoms with Crippen LogP contribution in [-0.4, -0.2) is 51.1 Å². The van der Waals surface area contributed by atoms with E-state index in [0.29, 0.717) is 43.7 Å². The molecule has 0 bridgehead atoms. The zero-order chi connectivity index (χ0) is 17.9. The van der Waals surface area contributed by atoms with Gasteiger partial charge in [-0.15, -0.1) is 0 Å². The number of sulfonamides is 1. The van der Waals surface area contributed by atoms with Crippen LogP contribution in [0.2, 0.25) is 5.02 Å². The molecule has 0 radical (unpaired) electrons. The summed E-state index contributed by atoms with van der Waals surface area (Å²) in [4.78, 5) is 6.48. The number of hydrogen-bond acceptors (Lipinski definition) is 5. The Balaban J connectivity index is 1.71. The van der Waals surface area contributed by atoms with Crippen LogP contribution in [0.25, 0.3) is 0 Å². The highest BCUT2D eigenvalue weighted by Crippen LogP contribution is 2.20. The Labute approximate surface area is 153 Å². The Morgan fingerprint density at radius 2 is 1.84 bits per heavy atom. The van der Waals surface area contributed by atoms with Crippen molar-refractivity contribution in [3.63, 3.8) is 0 Å². The number of hydrogen-bond donors (Lipinski definition) is 0. The molecule has 2 heterocycles. The second-order valence-electron chi connectivity index (χ2n) is 5.85. The Morgan fingerprint density at radius 3 is 2.44 bits per heavy atom. The number of aromatic nitrogens is 1. The molecule has 8 heteroatoms. The summed E-state index contributed by atoms with van der Waals surface area (Å²) < 4.78 is 31.8. The molecular formula is C17H20ClN3O3S. The van der Waals surface area contributed by atoms with Gasteiger partial charge in [-0.1, -0.05) is 23.7 Å². The van der Waals surface area contributed by atoms with Gasteiger partial charge in [-0.25, -0.2) is 13.4 Å². The number of morpholine rings is 1. The van der Waals surface area contributed by atoms with Crippen LogP contribution in [0.15, 0.2) is 47.5 Å². The topological polar surface area (TPSA) is 62.7 Å². The van der Waals surface area contributed by atoms with Crippen molar-refractivity contribution in [1.29, 1.82) is 0 Å². The van der Waals surface area contributed by atoms with Crippen molar-refractivity contribution in [3.05, 3.63) is 53.2 Å². The fraction of sp³-hybridized carbons (Fsp3) is 0.353. The Hall–Kier alpha value is -1.67. The van der Waals surface area contributed by atoms with Crippen LogP contribution in [0.3, 0.4) is 0 Å². The van der Waals surface area contributed by atoms with Crippen molar-refractivity contribution >= 4 is 27.4 Å². The lowest BCUT2D eigenvalue weighted by atomic mass is 10.2. The van der Waals surface area contributed by atoms with Crippen LogP contribution in [0.4, 0.5) is 5.82 Å². The molecule has 0 aliphatic carbocycles. The van der Waals surface area contributed by atoms with E-state index in [1.165, 1.54) is 10.5 Å². The standard InChI is InChI=1S/C17H20ClN3O3S/c1-20(13-14-2-4-15(18)5-3-14)17-7-6-16(12-19-17)25(22,23)21-8-10-24-11-9-21/h2-7,12H,8-11,13H2,1H3. The van der Waals surface area contributed by atoms with Crippen molar-refractivity contribution in [2.75, 3.05) is 38.3 Å². The summed E-state index contributed by atoms with van der Waals surface area (Å²) in [7, 11) is -1.60. The van der Waals surface area contributed by atoms with Gasteiger partial charge in [0, 0.05) is 37.9 Å². The molecule has 1 fully saturated rings. The smallest absolute Gasteiger partial charge is 0.244 e. The normalized spacial score (nSPS) is 15.9. The lowest BCUT2D eigenvalue weighted by molar-refractivity contribution is 0.0730. The van der Waals surface area contributed by atoms with E-state index in [-0.39, 0.29) is 4.90 Å². The largest absolute Gasteiger partial charge is 0.379 e. The van der Waals surface area contributed by atoms with E-state index in [4.69, 9.17) is 16.3 Å². The zero-order valence-corrected chi connectivity index (χ0v) is 15.5. The van der Waals surface area contributed by atoms with Gasteiger partial charge in [-0.2, -0.15) is 4.31 Å². The zero-order valence-electron chi connectivity index (χ0n) is 13.9. The quantitative estimate of drug-likeness (QED) is 0.795. The molecule has 0 unspecified atom stereocenters. The van der Waals surface area contributed by atoms with Crippen LogP contribution in [-0.2, 0) is 21.3 Å². The molecule has 1 aliphatic heterocycles. The Kier molecular flexibility index (Phi) is 5.58. The predicted octanol–water partition coefficient (Wildman–Crippen LogP) is 2.39. The number of benzene rings is 1. The third-order valence-electron chi connectivity index (χ3n) is 4.05. The van der Waals surface area contributed by atoms with Crippen molar-refractivity contribution < 1.29 is 13.2 Å². The van der Waals surface area contributed by atoms with Crippen molar-refractivity contribution in [2.24, 2.45) is 0 Å². The highest BCUT2D eigenvalue weighted by molar-refractivity contribution is 7.89. The minimum atomic E-state index is -3.51. The van der Waals surface area contributed by atoms with Gasteiger partial charge in [0.05, 0.1) is 13.2 Å². The van der Waals surface area contributed by atoms with E-state index < -0.39 is 10.0 Å². The molecule has 25 heavy (non-hydrogen) atoms. The third-order valence-corrected chi connectivity index (χ3v) is 6.19. The molecule has 1 aromatic heterocycles. The number of anilines is 1. The lowest BCUT2D eigenvalue weighted by Crippen LogP contribution is -2.40. The van der Waals surface area contributed by atoms with Gasteiger partial charge in [0.15, 0.2) is 0 Å². The first-order chi connectivity index (χ1) is 12.0. The SMILES string of the molecule is CN(Cc1ccc(Cl)cc1)c1ccc(S(=O)(=O)N2CCOCC2)cn1. The fourth-order valence-corrected chi connectivity index (χ4v) is 4.11. The molecule has 2 aromatic rings. The highest BCUT2D eigenvalue weighted by Gasteiger charge is 2.26. The van der Waals surface area contributed by atoms with Gasteiger partial charge in [0.1, 0.15) is 10.7 Å². The molecule has 1 aromatic carbocycles. The third kappa shape index (κ3) is 4.30. The number of ether oxygens (including phenoxy) is 1. The maximum absolute atomic E-state index is 12.6. The second kappa shape index (κ2) is 7.70. The van der Waals surface area contributed by atoms with Crippen LogP contribution in [0.5, 0.6) is 0 Å². The van der Waals surface area contributed by atoms with E-state index in [0.717, 1.165) is 5.56 Å². The first-order valence-electron chi connectivity index (χ1n) is 7.96. The van der Waals surface area contributed by atoms with Crippen molar-refractivity contribution in [3.8, 4) is 0 Å². The van der Waals surface area contributed by atoms with Gasteiger partial charge < -0.3 is 9.64 Å². The van der Waals surface area contributed by atoms with E-state index in [1.807, 2.05) is 36.2 Å². The summed E-state index contributed by atoms with van der Waals surface area (Å²) in [5, 5.41) is 0.696. The van der Waals surface area contributed by atoms with Crippen molar-refractivity contribution in [2.45, 2.75) is 11.4 Å². The van der Waals surface area contributed by atoms with Gasteiger partial charge in [-0.3, -0.25) is 0 Å². The van der Waals surface area contributed by atoms with E-state index in [1.54, 1.807) is 12.1 Å². The first-order valence-corrected chi connectivity index (χ1v) is 9.78. The van der Waals surface area contributed by atoms with E-state index in [9.17, 15) is 8.42 Å². The summed E-state index contributed by atoms with van der Waals surface area (Å²) in [5.74, 6) is 0.705. The molecule has 0 saturated carbocycles. The molecular weight excluding hydrogens is 362 g/mol. The molecule has 0 atom stereocenters. The summed E-state index contributed by atoms with van der Waals surface area (Å²) in [6.45, 7) is 2.25. The number of nitrogens with zero attached hydrogens (tertiary/aromatic N) is 3. The average molecular weight is 382 g/mol. The lowest BCUT2D eigenvalue weighted by Gasteiger charge is -2.26. The highest BCUT2D eigenvalue weighted by atomic mass is 35.5. The summed E-state index contributed by atoms with van der Waals surface area (Å²) in [6.07, 6.45) is 1.42.